The van der Waals surface area contributed by atoms with Gasteiger partial charge in [0.1, 0.15) is 0 Å². The maximum atomic E-state index is 13.7. The van der Waals surface area contributed by atoms with Gasteiger partial charge in [0.15, 0.2) is 0 Å². The standard InChI is InChI=1S/C22H32ClN3O2S/c1-4-17(14-25(3)29-18-9-10-18)26-19(15-5-7-16(23)8-6-15)11-12-22(2,21(26)28)13-20(24)27/h5-8,17-19H,4,9-14H2,1-3H3,(H2,24,27)/t17-,19?,22+/m0/s1. The molecule has 0 spiro atoms. The maximum Gasteiger partial charge on any atom is 0.229 e. The highest BCUT2D eigenvalue weighted by Crippen LogP contribution is 2.44. The molecule has 29 heavy (non-hydrogen) atoms. The number of hydrogen-bond acceptors (Lipinski definition) is 4. The minimum absolute atomic E-state index is 0.00927. The second-order valence-corrected chi connectivity index (χ2v) is 10.6. The summed E-state index contributed by atoms with van der Waals surface area (Å²) >= 11 is 7.98. The molecule has 1 unspecified atom stereocenters. The van der Waals surface area contributed by atoms with E-state index in [-0.39, 0.29) is 24.4 Å². The number of likely N-dealkylation sites (tertiary alicyclic amines) is 1. The summed E-state index contributed by atoms with van der Waals surface area (Å²) in [5, 5.41) is 1.41. The van der Waals surface area contributed by atoms with Gasteiger partial charge in [-0.1, -0.05) is 49.5 Å². The predicted octanol–water partition coefficient (Wildman–Crippen LogP) is 4.41. The normalized spacial score (nSPS) is 26.0. The molecule has 2 fully saturated rings. The van der Waals surface area contributed by atoms with Crippen LogP contribution in [0.1, 0.15) is 64.0 Å². The van der Waals surface area contributed by atoms with Crippen LogP contribution in [-0.2, 0) is 9.59 Å². The van der Waals surface area contributed by atoms with Crippen molar-refractivity contribution in [3.05, 3.63) is 34.9 Å². The summed E-state index contributed by atoms with van der Waals surface area (Å²) in [6, 6.07) is 7.86. The van der Waals surface area contributed by atoms with Crippen LogP contribution >= 0.6 is 23.5 Å². The van der Waals surface area contributed by atoms with Crippen LogP contribution < -0.4 is 5.73 Å². The minimum Gasteiger partial charge on any atom is -0.370 e. The molecule has 5 nitrogen and oxygen atoms in total. The van der Waals surface area contributed by atoms with E-state index in [1.165, 1.54) is 12.8 Å². The van der Waals surface area contributed by atoms with E-state index in [1.54, 1.807) is 0 Å². The third-order valence-corrected chi connectivity index (χ3v) is 7.59. The molecule has 3 rings (SSSR count). The molecule has 3 atom stereocenters. The first kappa shape index (κ1) is 22.4. The van der Waals surface area contributed by atoms with E-state index in [4.69, 9.17) is 17.3 Å². The third-order valence-electron chi connectivity index (χ3n) is 6.06. The molecule has 7 heteroatoms. The summed E-state index contributed by atoms with van der Waals surface area (Å²) < 4.78 is 2.28. The number of carbonyl (C=O) groups is 2. The molecule has 1 aromatic rings. The second-order valence-electron chi connectivity index (χ2n) is 8.70. The van der Waals surface area contributed by atoms with Gasteiger partial charge >= 0.3 is 0 Å². The Kier molecular flexibility index (Phi) is 7.18. The van der Waals surface area contributed by atoms with Crippen molar-refractivity contribution < 1.29 is 9.59 Å². The minimum atomic E-state index is -0.732. The van der Waals surface area contributed by atoms with Crippen molar-refractivity contribution in [3.8, 4) is 0 Å². The van der Waals surface area contributed by atoms with Crippen LogP contribution in [0.25, 0.3) is 0 Å². The van der Waals surface area contributed by atoms with Crippen LogP contribution in [0.15, 0.2) is 24.3 Å². The SMILES string of the molecule is CC[C@@H](CN(C)SC1CC1)N1C(=O)[C@@](C)(CC(N)=O)CCC1c1ccc(Cl)cc1. The summed E-state index contributed by atoms with van der Waals surface area (Å²) in [6.07, 6.45) is 4.97. The van der Waals surface area contributed by atoms with Gasteiger partial charge in [0.2, 0.25) is 11.8 Å². The van der Waals surface area contributed by atoms with E-state index in [0.29, 0.717) is 11.4 Å². The highest BCUT2D eigenvalue weighted by atomic mass is 35.5. The number of nitrogens with zero attached hydrogens (tertiary/aromatic N) is 2. The lowest BCUT2D eigenvalue weighted by molar-refractivity contribution is -0.155. The topological polar surface area (TPSA) is 66.6 Å². The van der Waals surface area contributed by atoms with Crippen LogP contribution in [0, 0.1) is 5.41 Å². The van der Waals surface area contributed by atoms with Crippen LogP contribution in [0.3, 0.4) is 0 Å². The molecule has 1 saturated carbocycles. The first-order chi connectivity index (χ1) is 13.7. The molecular weight excluding hydrogens is 406 g/mol. The van der Waals surface area contributed by atoms with Gasteiger partial charge in [-0.3, -0.25) is 13.9 Å². The smallest absolute Gasteiger partial charge is 0.229 e. The Bertz CT molecular complexity index is 740. The highest BCUT2D eigenvalue weighted by molar-refractivity contribution is 7.97. The zero-order valence-electron chi connectivity index (χ0n) is 17.6. The molecule has 1 saturated heterocycles. The summed E-state index contributed by atoms with van der Waals surface area (Å²) in [5.41, 5.74) is 5.86. The Balaban J connectivity index is 1.89. The Morgan fingerprint density at radius 3 is 2.55 bits per heavy atom. The van der Waals surface area contributed by atoms with Crippen molar-refractivity contribution in [1.82, 2.24) is 9.21 Å². The summed E-state index contributed by atoms with van der Waals surface area (Å²) in [4.78, 5) is 27.4. The fourth-order valence-corrected chi connectivity index (χ4v) is 5.56. The van der Waals surface area contributed by atoms with Gasteiger partial charge in [-0.2, -0.15) is 0 Å². The number of rotatable bonds is 9. The fourth-order valence-electron chi connectivity index (χ4n) is 4.32. The van der Waals surface area contributed by atoms with Crippen molar-refractivity contribution in [2.24, 2.45) is 11.1 Å². The van der Waals surface area contributed by atoms with Crippen LogP contribution in [0.5, 0.6) is 0 Å². The molecule has 1 heterocycles. The zero-order chi connectivity index (χ0) is 21.2. The molecule has 2 amide bonds. The van der Waals surface area contributed by atoms with E-state index in [2.05, 4.69) is 18.3 Å². The average Bonchev–Trinajstić information content (AvgIpc) is 3.46. The van der Waals surface area contributed by atoms with Crippen molar-refractivity contribution in [2.45, 2.75) is 69.7 Å². The maximum absolute atomic E-state index is 13.7. The lowest BCUT2D eigenvalue weighted by atomic mass is 9.74. The van der Waals surface area contributed by atoms with Gasteiger partial charge in [-0.05, 0) is 56.8 Å². The molecule has 0 bridgehead atoms. The van der Waals surface area contributed by atoms with E-state index in [9.17, 15) is 9.59 Å². The number of amides is 2. The summed E-state index contributed by atoms with van der Waals surface area (Å²) in [5.74, 6) is -0.376. The van der Waals surface area contributed by atoms with Crippen molar-refractivity contribution in [3.63, 3.8) is 0 Å². The number of hydrogen-bond donors (Lipinski definition) is 1. The molecule has 0 radical (unpaired) electrons. The van der Waals surface area contributed by atoms with Crippen molar-refractivity contribution in [1.29, 1.82) is 0 Å². The number of carbonyl (C=O) groups excluding carboxylic acids is 2. The largest absolute Gasteiger partial charge is 0.370 e. The number of piperidine rings is 1. The molecule has 0 aromatic heterocycles. The van der Waals surface area contributed by atoms with Crippen molar-refractivity contribution >= 4 is 35.4 Å². The van der Waals surface area contributed by atoms with E-state index < -0.39 is 11.3 Å². The van der Waals surface area contributed by atoms with Gasteiger partial charge in [-0.25, -0.2) is 0 Å². The lowest BCUT2D eigenvalue weighted by Gasteiger charge is -2.48. The molecule has 2 aliphatic rings. The Morgan fingerprint density at radius 2 is 2.00 bits per heavy atom. The van der Waals surface area contributed by atoms with Crippen LogP contribution in [0.2, 0.25) is 5.02 Å². The Morgan fingerprint density at radius 1 is 1.34 bits per heavy atom. The lowest BCUT2D eigenvalue weighted by Crippen LogP contribution is -2.55. The zero-order valence-corrected chi connectivity index (χ0v) is 19.1. The Hall–Kier alpha value is -1.24. The summed E-state index contributed by atoms with van der Waals surface area (Å²) in [7, 11) is 2.11. The average molecular weight is 438 g/mol. The first-order valence-corrected chi connectivity index (χ1v) is 11.7. The number of nitrogens with two attached hydrogens (primary N) is 1. The van der Waals surface area contributed by atoms with Gasteiger partial charge in [0, 0.05) is 29.3 Å². The molecule has 1 aromatic carbocycles. The Labute approximate surface area is 183 Å². The third kappa shape index (κ3) is 5.47. The van der Waals surface area contributed by atoms with Gasteiger partial charge in [0.05, 0.1) is 11.5 Å². The highest BCUT2D eigenvalue weighted by Gasteiger charge is 2.47. The monoisotopic (exact) mass is 437 g/mol. The van der Waals surface area contributed by atoms with E-state index >= 15 is 0 Å². The molecular formula is C22H32ClN3O2S. The van der Waals surface area contributed by atoms with E-state index in [0.717, 1.165) is 30.2 Å². The molecule has 1 aliphatic heterocycles. The number of likely N-dealkylation sites (N-methyl/N-ethyl adjacent to an activating group) is 1. The number of benzene rings is 1. The quantitative estimate of drug-likeness (QED) is 0.581. The second kappa shape index (κ2) is 9.27. The number of halogens is 1. The van der Waals surface area contributed by atoms with Crippen molar-refractivity contribution in [2.75, 3.05) is 13.6 Å². The van der Waals surface area contributed by atoms with Gasteiger partial charge in [0.25, 0.3) is 0 Å². The van der Waals surface area contributed by atoms with Crippen LogP contribution in [0.4, 0.5) is 0 Å². The number of primary amides is 1. The fraction of sp³-hybridized carbons (Fsp3) is 0.636. The van der Waals surface area contributed by atoms with Gasteiger partial charge < -0.3 is 10.6 Å². The molecule has 1 aliphatic carbocycles. The predicted molar refractivity (Wildman–Crippen MR) is 120 cm³/mol. The van der Waals surface area contributed by atoms with E-state index in [1.807, 2.05) is 48.0 Å². The van der Waals surface area contributed by atoms with Crippen LogP contribution in [-0.4, -0.2) is 45.9 Å². The summed E-state index contributed by atoms with van der Waals surface area (Å²) in [6.45, 7) is 4.83. The molecule has 160 valence electrons. The van der Waals surface area contributed by atoms with Gasteiger partial charge in [-0.15, -0.1) is 0 Å². The first-order valence-electron chi connectivity index (χ1n) is 10.5. The molecule has 2 N–H and O–H groups in total.